The molecule has 0 amide bonds. The first-order valence-corrected chi connectivity index (χ1v) is 5.58. The summed E-state index contributed by atoms with van der Waals surface area (Å²) in [6.07, 6.45) is 0.596. The molecule has 0 radical (unpaired) electrons. The highest BCUT2D eigenvalue weighted by atomic mass is 19.1. The number of aldehydes is 1. The van der Waals surface area contributed by atoms with Gasteiger partial charge < -0.3 is 9.47 Å². The van der Waals surface area contributed by atoms with Crippen molar-refractivity contribution in [3.63, 3.8) is 0 Å². The Hall–Kier alpha value is -1.42. The first-order chi connectivity index (χ1) is 8.13. The summed E-state index contributed by atoms with van der Waals surface area (Å²) in [5, 5.41) is 0. The Balaban J connectivity index is 2.34. The summed E-state index contributed by atoms with van der Waals surface area (Å²) in [5.74, 6) is 0.0841. The van der Waals surface area contributed by atoms with Crippen LogP contribution in [0.25, 0.3) is 0 Å². The number of ether oxygens (including phenoxy) is 2. The second-order valence-electron chi connectivity index (χ2n) is 4.12. The van der Waals surface area contributed by atoms with Gasteiger partial charge in [0.25, 0.3) is 0 Å². The fourth-order valence-electron chi connectivity index (χ4n) is 1.24. The smallest absolute Gasteiger partial charge is 0.165 e. The van der Waals surface area contributed by atoms with Crippen molar-refractivity contribution in [2.75, 3.05) is 19.8 Å². The number of halogens is 1. The maximum absolute atomic E-state index is 13.3. The lowest BCUT2D eigenvalue weighted by Gasteiger charge is -2.09. The lowest BCUT2D eigenvalue weighted by atomic mass is 10.2. The summed E-state index contributed by atoms with van der Waals surface area (Å²) in [5.41, 5.74) is 0.297. The van der Waals surface area contributed by atoms with Crippen molar-refractivity contribution in [2.45, 2.75) is 13.8 Å². The molecule has 17 heavy (non-hydrogen) atoms. The Labute approximate surface area is 101 Å². The molecule has 0 aromatic heterocycles. The molecular weight excluding hydrogens is 223 g/mol. The number of carbonyl (C=O) groups is 1. The van der Waals surface area contributed by atoms with E-state index >= 15 is 0 Å². The molecule has 0 saturated heterocycles. The Morgan fingerprint density at radius 2 is 2.12 bits per heavy atom. The van der Waals surface area contributed by atoms with Crippen LogP contribution in [0.4, 0.5) is 4.39 Å². The van der Waals surface area contributed by atoms with Crippen LogP contribution in [0, 0.1) is 11.7 Å². The molecule has 1 aromatic rings. The zero-order valence-corrected chi connectivity index (χ0v) is 10.1. The number of benzene rings is 1. The standard InChI is InChI=1S/C13H17FO3/c1-10(2)9-16-5-6-17-13-4-3-11(8-15)7-12(13)14/h3-4,7-8,10H,5-6,9H2,1-2H3. The minimum absolute atomic E-state index is 0.142. The molecule has 0 atom stereocenters. The molecule has 0 heterocycles. The normalized spacial score (nSPS) is 10.6. The summed E-state index contributed by atoms with van der Waals surface area (Å²) in [6, 6.07) is 4.11. The maximum atomic E-state index is 13.3. The van der Waals surface area contributed by atoms with E-state index in [0.717, 1.165) is 6.07 Å². The molecule has 0 aliphatic carbocycles. The van der Waals surface area contributed by atoms with E-state index < -0.39 is 5.82 Å². The Kier molecular flexibility index (Phi) is 5.63. The summed E-state index contributed by atoms with van der Waals surface area (Å²) in [7, 11) is 0. The van der Waals surface area contributed by atoms with Gasteiger partial charge in [-0.15, -0.1) is 0 Å². The average Bonchev–Trinajstić information content (AvgIpc) is 2.30. The van der Waals surface area contributed by atoms with Gasteiger partial charge >= 0.3 is 0 Å². The van der Waals surface area contributed by atoms with Crippen molar-refractivity contribution in [2.24, 2.45) is 5.92 Å². The van der Waals surface area contributed by atoms with Crippen LogP contribution in [0.5, 0.6) is 5.75 Å². The predicted octanol–water partition coefficient (Wildman–Crippen LogP) is 2.69. The maximum Gasteiger partial charge on any atom is 0.165 e. The van der Waals surface area contributed by atoms with E-state index in [0.29, 0.717) is 37.6 Å². The minimum atomic E-state index is -0.529. The third-order valence-electron chi connectivity index (χ3n) is 2.03. The minimum Gasteiger partial charge on any atom is -0.488 e. The fraction of sp³-hybridized carbons (Fsp3) is 0.462. The Bertz CT molecular complexity index is 364. The zero-order chi connectivity index (χ0) is 12.7. The van der Waals surface area contributed by atoms with Crippen LogP contribution in [0.1, 0.15) is 24.2 Å². The van der Waals surface area contributed by atoms with Crippen LogP contribution in [0.2, 0.25) is 0 Å². The highest BCUT2D eigenvalue weighted by Crippen LogP contribution is 2.17. The van der Waals surface area contributed by atoms with E-state index in [9.17, 15) is 9.18 Å². The van der Waals surface area contributed by atoms with Crippen molar-refractivity contribution < 1.29 is 18.7 Å². The zero-order valence-electron chi connectivity index (χ0n) is 10.1. The first kappa shape index (κ1) is 13.6. The molecule has 3 nitrogen and oxygen atoms in total. The second kappa shape index (κ2) is 7.01. The van der Waals surface area contributed by atoms with Crippen molar-refractivity contribution >= 4 is 6.29 Å². The van der Waals surface area contributed by atoms with Gasteiger partial charge in [-0.2, -0.15) is 0 Å². The number of rotatable bonds is 7. The van der Waals surface area contributed by atoms with Crippen molar-refractivity contribution in [3.8, 4) is 5.75 Å². The number of carbonyl (C=O) groups excluding carboxylic acids is 1. The van der Waals surface area contributed by atoms with Gasteiger partial charge in [0.15, 0.2) is 11.6 Å². The quantitative estimate of drug-likeness (QED) is 0.543. The molecule has 0 fully saturated rings. The molecule has 0 saturated carbocycles. The van der Waals surface area contributed by atoms with Gasteiger partial charge in [0.1, 0.15) is 12.9 Å². The summed E-state index contributed by atoms with van der Waals surface area (Å²) in [4.78, 5) is 10.4. The predicted molar refractivity (Wildman–Crippen MR) is 62.9 cm³/mol. The number of hydrogen-bond acceptors (Lipinski definition) is 3. The van der Waals surface area contributed by atoms with Crippen LogP contribution in [-0.2, 0) is 4.74 Å². The Morgan fingerprint density at radius 1 is 1.35 bits per heavy atom. The third-order valence-corrected chi connectivity index (χ3v) is 2.03. The topological polar surface area (TPSA) is 35.5 Å². The van der Waals surface area contributed by atoms with Gasteiger partial charge in [-0.25, -0.2) is 4.39 Å². The molecule has 94 valence electrons. The van der Waals surface area contributed by atoms with E-state index in [4.69, 9.17) is 9.47 Å². The largest absolute Gasteiger partial charge is 0.488 e. The van der Waals surface area contributed by atoms with E-state index in [2.05, 4.69) is 13.8 Å². The van der Waals surface area contributed by atoms with Gasteiger partial charge in [-0.05, 0) is 24.1 Å². The molecule has 0 N–H and O–H groups in total. The molecule has 0 aliphatic heterocycles. The van der Waals surface area contributed by atoms with E-state index in [-0.39, 0.29) is 5.75 Å². The lowest BCUT2D eigenvalue weighted by Crippen LogP contribution is -2.10. The van der Waals surface area contributed by atoms with Crippen LogP contribution < -0.4 is 4.74 Å². The van der Waals surface area contributed by atoms with E-state index in [1.807, 2.05) is 0 Å². The van der Waals surface area contributed by atoms with Crippen LogP contribution in [0.3, 0.4) is 0 Å². The molecule has 0 bridgehead atoms. The van der Waals surface area contributed by atoms with Gasteiger partial charge in [-0.3, -0.25) is 4.79 Å². The highest BCUT2D eigenvalue weighted by molar-refractivity contribution is 5.74. The molecular formula is C13H17FO3. The summed E-state index contributed by atoms with van der Waals surface area (Å²) >= 11 is 0. The second-order valence-corrected chi connectivity index (χ2v) is 4.12. The van der Waals surface area contributed by atoms with Crippen molar-refractivity contribution in [3.05, 3.63) is 29.6 Å². The molecule has 0 spiro atoms. The van der Waals surface area contributed by atoms with Crippen LogP contribution >= 0.6 is 0 Å². The van der Waals surface area contributed by atoms with Gasteiger partial charge in [-0.1, -0.05) is 13.8 Å². The fourth-order valence-corrected chi connectivity index (χ4v) is 1.24. The molecule has 0 unspecified atom stereocenters. The molecule has 4 heteroatoms. The van der Waals surface area contributed by atoms with Crippen LogP contribution in [0.15, 0.2) is 18.2 Å². The molecule has 0 aliphatic rings. The monoisotopic (exact) mass is 240 g/mol. The first-order valence-electron chi connectivity index (χ1n) is 5.58. The van der Waals surface area contributed by atoms with E-state index in [1.165, 1.54) is 12.1 Å². The van der Waals surface area contributed by atoms with Gasteiger partial charge in [0.2, 0.25) is 0 Å². The van der Waals surface area contributed by atoms with E-state index in [1.54, 1.807) is 0 Å². The summed E-state index contributed by atoms with van der Waals surface area (Å²) in [6.45, 7) is 5.49. The average molecular weight is 240 g/mol. The number of hydrogen-bond donors (Lipinski definition) is 0. The van der Waals surface area contributed by atoms with Crippen LogP contribution in [-0.4, -0.2) is 26.1 Å². The van der Waals surface area contributed by atoms with Gasteiger partial charge in [0, 0.05) is 12.2 Å². The third kappa shape index (κ3) is 4.95. The van der Waals surface area contributed by atoms with Crippen molar-refractivity contribution in [1.82, 2.24) is 0 Å². The van der Waals surface area contributed by atoms with Crippen molar-refractivity contribution in [1.29, 1.82) is 0 Å². The lowest BCUT2D eigenvalue weighted by molar-refractivity contribution is 0.0807. The van der Waals surface area contributed by atoms with Gasteiger partial charge in [0.05, 0.1) is 6.61 Å². The highest BCUT2D eigenvalue weighted by Gasteiger charge is 2.04. The molecule has 1 rings (SSSR count). The SMILES string of the molecule is CC(C)COCCOc1ccc(C=O)cc1F. The molecule has 1 aromatic carbocycles. The Morgan fingerprint density at radius 3 is 2.71 bits per heavy atom. The summed E-state index contributed by atoms with van der Waals surface area (Å²) < 4.78 is 23.8.